The fourth-order valence-electron chi connectivity index (χ4n) is 0.997. The molecule has 0 unspecified atom stereocenters. The number of aryl methyl sites for hydroxylation is 1. The van der Waals surface area contributed by atoms with E-state index in [0.29, 0.717) is 12.2 Å². The average molecular weight is 190 g/mol. The number of ether oxygens (including phenoxy) is 1. The van der Waals surface area contributed by atoms with Gasteiger partial charge in [-0.1, -0.05) is 6.07 Å². The van der Waals surface area contributed by atoms with E-state index in [4.69, 9.17) is 10.00 Å². The molecule has 1 aromatic rings. The lowest BCUT2D eigenvalue weighted by molar-refractivity contribution is 0.0518. The molecule has 1 aromatic heterocycles. The molecule has 4 heteroatoms. The van der Waals surface area contributed by atoms with Crippen LogP contribution in [-0.2, 0) is 4.74 Å². The summed E-state index contributed by atoms with van der Waals surface area (Å²) in [6.07, 6.45) is 0. The number of nitriles is 1. The molecule has 14 heavy (non-hydrogen) atoms. The topological polar surface area (TPSA) is 63.0 Å². The van der Waals surface area contributed by atoms with Crippen LogP contribution in [0.1, 0.15) is 28.7 Å². The van der Waals surface area contributed by atoms with Crippen LogP contribution in [-0.4, -0.2) is 17.6 Å². The van der Waals surface area contributed by atoms with Crippen LogP contribution in [0.3, 0.4) is 0 Å². The van der Waals surface area contributed by atoms with E-state index in [2.05, 4.69) is 4.98 Å². The zero-order valence-corrected chi connectivity index (χ0v) is 8.07. The van der Waals surface area contributed by atoms with E-state index in [-0.39, 0.29) is 11.4 Å². The zero-order valence-electron chi connectivity index (χ0n) is 8.07. The molecule has 0 saturated carbocycles. The summed E-state index contributed by atoms with van der Waals surface area (Å²) in [4.78, 5) is 15.2. The Morgan fingerprint density at radius 1 is 1.64 bits per heavy atom. The molecule has 4 nitrogen and oxygen atoms in total. The van der Waals surface area contributed by atoms with Gasteiger partial charge in [0.15, 0.2) is 5.69 Å². The second-order valence-corrected chi connectivity index (χ2v) is 2.69. The Hall–Kier alpha value is -1.89. The Balaban J connectivity index is 3.07. The Labute approximate surface area is 82.1 Å². The largest absolute Gasteiger partial charge is 0.461 e. The maximum absolute atomic E-state index is 11.3. The number of esters is 1. The van der Waals surface area contributed by atoms with Crippen LogP contribution >= 0.6 is 0 Å². The highest BCUT2D eigenvalue weighted by Gasteiger charge is 2.12. The molecule has 0 aliphatic carbocycles. The van der Waals surface area contributed by atoms with Gasteiger partial charge in [0.2, 0.25) is 0 Å². The minimum absolute atomic E-state index is 0.214. The fourth-order valence-corrected chi connectivity index (χ4v) is 0.997. The monoisotopic (exact) mass is 190 g/mol. The third-order valence-corrected chi connectivity index (χ3v) is 1.68. The van der Waals surface area contributed by atoms with E-state index in [9.17, 15) is 4.79 Å². The molecular formula is C10H10N2O2. The summed E-state index contributed by atoms with van der Waals surface area (Å²) in [5, 5.41) is 8.60. The quantitative estimate of drug-likeness (QED) is 0.662. The molecule has 0 radical (unpaired) electrons. The molecule has 0 spiro atoms. The molecule has 0 aliphatic heterocycles. The van der Waals surface area contributed by atoms with Crippen molar-refractivity contribution in [1.82, 2.24) is 4.98 Å². The van der Waals surface area contributed by atoms with Crippen molar-refractivity contribution in [2.45, 2.75) is 13.8 Å². The summed E-state index contributed by atoms with van der Waals surface area (Å²) >= 11 is 0. The summed E-state index contributed by atoms with van der Waals surface area (Å²) < 4.78 is 4.80. The molecule has 72 valence electrons. The number of rotatable bonds is 2. The number of pyridine rings is 1. The minimum Gasteiger partial charge on any atom is -0.461 e. The Morgan fingerprint density at radius 3 is 2.93 bits per heavy atom. The highest BCUT2D eigenvalue weighted by atomic mass is 16.5. The van der Waals surface area contributed by atoms with Crippen molar-refractivity contribution in [3.8, 4) is 6.07 Å². The third kappa shape index (κ3) is 2.07. The van der Waals surface area contributed by atoms with E-state index in [0.717, 1.165) is 0 Å². The molecule has 0 atom stereocenters. The lowest BCUT2D eigenvalue weighted by atomic mass is 10.2. The Kier molecular flexibility index (Phi) is 3.19. The van der Waals surface area contributed by atoms with Crippen molar-refractivity contribution < 1.29 is 9.53 Å². The molecule has 0 N–H and O–H groups in total. The standard InChI is InChI=1S/C10H10N2O2/c1-3-14-10(13)9-7(2)4-5-8(6-11)12-9/h4-5H,3H2,1-2H3. The fraction of sp³-hybridized carbons (Fsp3) is 0.300. The van der Waals surface area contributed by atoms with E-state index in [1.165, 1.54) is 0 Å². The van der Waals surface area contributed by atoms with Gasteiger partial charge in [0.05, 0.1) is 6.61 Å². The van der Waals surface area contributed by atoms with Crippen molar-refractivity contribution in [3.63, 3.8) is 0 Å². The van der Waals surface area contributed by atoms with Crippen LogP contribution in [0.25, 0.3) is 0 Å². The maximum Gasteiger partial charge on any atom is 0.357 e. The normalized spacial score (nSPS) is 9.21. The first-order valence-electron chi connectivity index (χ1n) is 4.24. The molecule has 0 amide bonds. The van der Waals surface area contributed by atoms with Gasteiger partial charge in [-0.15, -0.1) is 0 Å². The second-order valence-electron chi connectivity index (χ2n) is 2.69. The highest BCUT2D eigenvalue weighted by molar-refractivity contribution is 5.88. The molecular weight excluding hydrogens is 180 g/mol. The predicted octanol–water partition coefficient (Wildman–Crippen LogP) is 1.44. The van der Waals surface area contributed by atoms with E-state index in [1.807, 2.05) is 6.07 Å². The van der Waals surface area contributed by atoms with Crippen LogP contribution in [0.5, 0.6) is 0 Å². The van der Waals surface area contributed by atoms with Crippen molar-refractivity contribution in [1.29, 1.82) is 5.26 Å². The minimum atomic E-state index is -0.484. The van der Waals surface area contributed by atoms with Crippen LogP contribution in [0, 0.1) is 18.3 Å². The zero-order chi connectivity index (χ0) is 10.6. The van der Waals surface area contributed by atoms with Crippen molar-refractivity contribution in [2.24, 2.45) is 0 Å². The molecule has 1 heterocycles. The van der Waals surface area contributed by atoms with Gasteiger partial charge in [-0.05, 0) is 25.5 Å². The van der Waals surface area contributed by atoms with Gasteiger partial charge in [0.1, 0.15) is 11.8 Å². The Bertz CT molecular complexity index is 394. The summed E-state index contributed by atoms with van der Waals surface area (Å²) in [6, 6.07) is 5.12. The van der Waals surface area contributed by atoms with Gasteiger partial charge in [-0.2, -0.15) is 5.26 Å². The smallest absolute Gasteiger partial charge is 0.357 e. The van der Waals surface area contributed by atoms with Gasteiger partial charge >= 0.3 is 5.97 Å². The lowest BCUT2D eigenvalue weighted by Gasteiger charge is -2.03. The first-order chi connectivity index (χ1) is 6.69. The summed E-state index contributed by atoms with van der Waals surface area (Å²) in [6.45, 7) is 3.78. The highest BCUT2D eigenvalue weighted by Crippen LogP contribution is 2.07. The van der Waals surface area contributed by atoms with Gasteiger partial charge in [0.25, 0.3) is 0 Å². The lowest BCUT2D eigenvalue weighted by Crippen LogP contribution is -2.09. The third-order valence-electron chi connectivity index (χ3n) is 1.68. The maximum atomic E-state index is 11.3. The van der Waals surface area contributed by atoms with Crippen LogP contribution in [0.2, 0.25) is 0 Å². The predicted molar refractivity (Wildman–Crippen MR) is 49.6 cm³/mol. The first-order valence-corrected chi connectivity index (χ1v) is 4.24. The summed E-state index contributed by atoms with van der Waals surface area (Å²) in [7, 11) is 0. The van der Waals surface area contributed by atoms with E-state index < -0.39 is 5.97 Å². The first kappa shape index (κ1) is 10.2. The second kappa shape index (κ2) is 4.38. The molecule has 0 fully saturated rings. The SMILES string of the molecule is CCOC(=O)c1nc(C#N)ccc1C. The van der Waals surface area contributed by atoms with Crippen LogP contribution in [0.15, 0.2) is 12.1 Å². The molecule has 1 rings (SSSR count). The average Bonchev–Trinajstić information content (AvgIpc) is 2.19. The van der Waals surface area contributed by atoms with Gasteiger partial charge < -0.3 is 4.74 Å². The van der Waals surface area contributed by atoms with E-state index in [1.54, 1.807) is 26.0 Å². The van der Waals surface area contributed by atoms with Crippen LogP contribution < -0.4 is 0 Å². The Morgan fingerprint density at radius 2 is 2.36 bits per heavy atom. The number of nitrogens with zero attached hydrogens (tertiary/aromatic N) is 2. The van der Waals surface area contributed by atoms with Crippen molar-refractivity contribution in [2.75, 3.05) is 6.61 Å². The van der Waals surface area contributed by atoms with Gasteiger partial charge in [-0.25, -0.2) is 9.78 Å². The molecule has 0 bridgehead atoms. The van der Waals surface area contributed by atoms with Crippen molar-refractivity contribution >= 4 is 5.97 Å². The van der Waals surface area contributed by atoms with Gasteiger partial charge in [-0.3, -0.25) is 0 Å². The van der Waals surface area contributed by atoms with Gasteiger partial charge in [0, 0.05) is 0 Å². The number of aromatic nitrogens is 1. The number of carbonyl (C=O) groups excluding carboxylic acids is 1. The summed E-state index contributed by atoms with van der Waals surface area (Å²) in [5.74, 6) is -0.484. The molecule has 0 aromatic carbocycles. The van der Waals surface area contributed by atoms with Crippen LogP contribution in [0.4, 0.5) is 0 Å². The molecule has 0 saturated heterocycles. The summed E-state index contributed by atoms with van der Waals surface area (Å²) in [5.41, 5.74) is 1.15. The number of hydrogen-bond donors (Lipinski definition) is 0. The van der Waals surface area contributed by atoms with Crippen molar-refractivity contribution in [3.05, 3.63) is 29.1 Å². The molecule has 0 aliphatic rings. The number of hydrogen-bond acceptors (Lipinski definition) is 4. The number of carbonyl (C=O) groups is 1. The van der Waals surface area contributed by atoms with E-state index >= 15 is 0 Å².